The number of rotatable bonds is 7. The Morgan fingerprint density at radius 1 is 1.26 bits per heavy atom. The zero-order valence-electron chi connectivity index (χ0n) is 11.4. The maximum Gasteiger partial charge on any atom is 0.243 e. The smallest absolute Gasteiger partial charge is 0.243 e. The normalized spacial score (nSPS) is 15.9. The molecule has 0 spiro atoms. The van der Waals surface area contributed by atoms with E-state index in [4.69, 9.17) is 5.73 Å². The van der Waals surface area contributed by atoms with E-state index in [2.05, 4.69) is 6.92 Å². The van der Waals surface area contributed by atoms with Gasteiger partial charge in [0.15, 0.2) is 0 Å². The van der Waals surface area contributed by atoms with Gasteiger partial charge in [0.1, 0.15) is 0 Å². The standard InChI is InChI=1S/C14H22N2O2S/c1-2-3-10-16(13-6-7-13)19(17,18)14-8-4-12(11-15)5-9-14/h4-5,8-9,13H,2-3,6-7,10-11,15H2,1H3. The van der Waals surface area contributed by atoms with Crippen LogP contribution in [0.4, 0.5) is 0 Å². The average molecular weight is 282 g/mol. The van der Waals surface area contributed by atoms with Crippen LogP contribution in [0.15, 0.2) is 29.2 Å². The molecule has 0 heterocycles. The van der Waals surface area contributed by atoms with Crippen molar-refractivity contribution in [1.29, 1.82) is 0 Å². The molecule has 2 rings (SSSR count). The second-order valence-corrected chi connectivity index (χ2v) is 6.94. The van der Waals surface area contributed by atoms with Crippen LogP contribution in [-0.4, -0.2) is 25.3 Å². The van der Waals surface area contributed by atoms with Crippen LogP contribution in [0.1, 0.15) is 38.2 Å². The second kappa shape index (κ2) is 6.03. The minimum Gasteiger partial charge on any atom is -0.326 e. The summed E-state index contributed by atoms with van der Waals surface area (Å²) in [6.07, 6.45) is 3.90. The Morgan fingerprint density at radius 3 is 2.37 bits per heavy atom. The van der Waals surface area contributed by atoms with Crippen LogP contribution < -0.4 is 5.73 Å². The lowest BCUT2D eigenvalue weighted by molar-refractivity contribution is 0.395. The fourth-order valence-electron chi connectivity index (χ4n) is 2.11. The molecule has 0 radical (unpaired) electrons. The summed E-state index contributed by atoms with van der Waals surface area (Å²) in [6.45, 7) is 3.14. The van der Waals surface area contributed by atoms with Crippen molar-refractivity contribution in [2.75, 3.05) is 6.54 Å². The van der Waals surface area contributed by atoms with E-state index in [1.54, 1.807) is 28.6 Å². The van der Waals surface area contributed by atoms with E-state index in [1.165, 1.54) is 0 Å². The molecular formula is C14H22N2O2S. The van der Waals surface area contributed by atoms with Crippen LogP contribution >= 0.6 is 0 Å². The van der Waals surface area contributed by atoms with Crippen LogP contribution in [0.3, 0.4) is 0 Å². The zero-order valence-corrected chi connectivity index (χ0v) is 12.2. The maximum atomic E-state index is 12.6. The molecule has 1 fully saturated rings. The quantitative estimate of drug-likeness (QED) is 0.833. The summed E-state index contributed by atoms with van der Waals surface area (Å²) in [5.41, 5.74) is 6.48. The number of hydrogen-bond donors (Lipinski definition) is 1. The third-order valence-electron chi connectivity index (χ3n) is 3.45. The lowest BCUT2D eigenvalue weighted by atomic mass is 10.2. The summed E-state index contributed by atoms with van der Waals surface area (Å²) in [5.74, 6) is 0. The summed E-state index contributed by atoms with van der Waals surface area (Å²) < 4.78 is 26.9. The lowest BCUT2D eigenvalue weighted by Gasteiger charge is -2.21. The Hall–Kier alpha value is -0.910. The number of hydrogen-bond acceptors (Lipinski definition) is 3. The maximum absolute atomic E-state index is 12.6. The molecule has 19 heavy (non-hydrogen) atoms. The lowest BCUT2D eigenvalue weighted by Crippen LogP contribution is -2.34. The molecule has 4 nitrogen and oxygen atoms in total. The Balaban J connectivity index is 2.22. The molecule has 0 saturated heterocycles. The summed E-state index contributed by atoms with van der Waals surface area (Å²) in [6, 6.07) is 7.12. The van der Waals surface area contributed by atoms with Crippen LogP contribution in [0.25, 0.3) is 0 Å². The van der Waals surface area contributed by atoms with Gasteiger partial charge in [-0.1, -0.05) is 25.5 Å². The molecule has 0 amide bonds. The van der Waals surface area contributed by atoms with Crippen molar-refractivity contribution in [3.63, 3.8) is 0 Å². The molecule has 0 atom stereocenters. The average Bonchev–Trinajstić information content (AvgIpc) is 3.23. The van der Waals surface area contributed by atoms with Gasteiger partial charge < -0.3 is 5.73 Å². The fraction of sp³-hybridized carbons (Fsp3) is 0.571. The van der Waals surface area contributed by atoms with E-state index >= 15 is 0 Å². The minimum atomic E-state index is -3.34. The van der Waals surface area contributed by atoms with Gasteiger partial charge in [0.25, 0.3) is 0 Å². The van der Waals surface area contributed by atoms with Crippen molar-refractivity contribution in [2.24, 2.45) is 5.73 Å². The van der Waals surface area contributed by atoms with Gasteiger partial charge in [-0.05, 0) is 37.0 Å². The van der Waals surface area contributed by atoms with E-state index in [0.717, 1.165) is 31.2 Å². The van der Waals surface area contributed by atoms with Crippen LogP contribution in [-0.2, 0) is 16.6 Å². The van der Waals surface area contributed by atoms with Gasteiger partial charge in [-0.2, -0.15) is 4.31 Å². The van der Waals surface area contributed by atoms with E-state index in [9.17, 15) is 8.42 Å². The number of unbranched alkanes of at least 4 members (excludes halogenated alkanes) is 1. The molecule has 0 unspecified atom stereocenters. The molecule has 1 aromatic rings. The molecule has 1 aliphatic rings. The molecule has 1 aliphatic carbocycles. The van der Waals surface area contributed by atoms with Gasteiger partial charge in [-0.25, -0.2) is 8.42 Å². The highest BCUT2D eigenvalue weighted by Crippen LogP contribution is 2.32. The van der Waals surface area contributed by atoms with Crippen molar-refractivity contribution in [1.82, 2.24) is 4.31 Å². The molecule has 5 heteroatoms. The first kappa shape index (κ1) is 14.5. The highest BCUT2D eigenvalue weighted by atomic mass is 32.2. The van der Waals surface area contributed by atoms with Gasteiger partial charge in [0.05, 0.1) is 4.90 Å². The topological polar surface area (TPSA) is 63.4 Å². The van der Waals surface area contributed by atoms with Gasteiger partial charge >= 0.3 is 0 Å². The number of sulfonamides is 1. The summed E-state index contributed by atoms with van der Waals surface area (Å²) in [4.78, 5) is 0.382. The van der Waals surface area contributed by atoms with Crippen LogP contribution in [0, 0.1) is 0 Å². The highest BCUT2D eigenvalue weighted by molar-refractivity contribution is 7.89. The number of nitrogens with two attached hydrogens (primary N) is 1. The van der Waals surface area contributed by atoms with E-state index < -0.39 is 10.0 Å². The minimum absolute atomic E-state index is 0.214. The van der Waals surface area contributed by atoms with Crippen molar-refractivity contribution >= 4 is 10.0 Å². The van der Waals surface area contributed by atoms with E-state index in [0.29, 0.717) is 18.0 Å². The number of benzene rings is 1. The predicted molar refractivity (Wildman–Crippen MR) is 76.2 cm³/mol. The first-order valence-electron chi connectivity index (χ1n) is 6.90. The Labute approximate surface area is 115 Å². The van der Waals surface area contributed by atoms with Crippen molar-refractivity contribution in [3.8, 4) is 0 Å². The Morgan fingerprint density at radius 2 is 1.89 bits per heavy atom. The summed E-state index contributed by atoms with van der Waals surface area (Å²) >= 11 is 0. The molecule has 2 N–H and O–H groups in total. The third kappa shape index (κ3) is 3.35. The first-order valence-corrected chi connectivity index (χ1v) is 8.34. The fourth-order valence-corrected chi connectivity index (χ4v) is 3.83. The van der Waals surface area contributed by atoms with Gasteiger partial charge in [-0.3, -0.25) is 0 Å². The van der Waals surface area contributed by atoms with Crippen molar-refractivity contribution in [2.45, 2.75) is 50.1 Å². The molecule has 106 valence electrons. The molecule has 1 saturated carbocycles. The number of nitrogens with zero attached hydrogens (tertiary/aromatic N) is 1. The summed E-state index contributed by atoms with van der Waals surface area (Å²) in [7, 11) is -3.34. The van der Waals surface area contributed by atoms with Crippen LogP contribution in [0.5, 0.6) is 0 Å². The first-order chi connectivity index (χ1) is 9.09. The SMILES string of the molecule is CCCCN(C1CC1)S(=O)(=O)c1ccc(CN)cc1. The van der Waals surface area contributed by atoms with E-state index in [-0.39, 0.29) is 6.04 Å². The Bertz CT molecular complexity index is 507. The Kier molecular flexibility index (Phi) is 4.60. The second-order valence-electron chi connectivity index (χ2n) is 5.05. The largest absolute Gasteiger partial charge is 0.326 e. The third-order valence-corrected chi connectivity index (χ3v) is 5.42. The van der Waals surface area contributed by atoms with Crippen molar-refractivity contribution < 1.29 is 8.42 Å². The van der Waals surface area contributed by atoms with Gasteiger partial charge in [-0.15, -0.1) is 0 Å². The molecule has 0 aliphatic heterocycles. The highest BCUT2D eigenvalue weighted by Gasteiger charge is 2.37. The predicted octanol–water partition coefficient (Wildman–Crippen LogP) is 2.10. The molecule has 0 aromatic heterocycles. The van der Waals surface area contributed by atoms with Crippen molar-refractivity contribution in [3.05, 3.63) is 29.8 Å². The van der Waals surface area contributed by atoms with Gasteiger partial charge in [0.2, 0.25) is 10.0 Å². The molecule has 0 bridgehead atoms. The van der Waals surface area contributed by atoms with E-state index in [1.807, 2.05) is 0 Å². The molecule has 1 aromatic carbocycles. The summed E-state index contributed by atoms with van der Waals surface area (Å²) in [5, 5.41) is 0. The van der Waals surface area contributed by atoms with Gasteiger partial charge in [0, 0.05) is 19.1 Å². The molecular weight excluding hydrogens is 260 g/mol. The monoisotopic (exact) mass is 282 g/mol. The zero-order chi connectivity index (χ0) is 13.9. The van der Waals surface area contributed by atoms with Crippen LogP contribution in [0.2, 0.25) is 0 Å².